The predicted octanol–water partition coefficient (Wildman–Crippen LogP) is 3.70. The fourth-order valence-corrected chi connectivity index (χ4v) is 4.82. The molecule has 2 atom stereocenters. The summed E-state index contributed by atoms with van der Waals surface area (Å²) in [5.74, 6) is -0.147. The van der Waals surface area contributed by atoms with Crippen LogP contribution in [-0.2, 0) is 0 Å². The standard InChI is InChI=1S/C11H10Br2N2OS/c12-9-4-7(10(13)17-9)11(16)15-8-3-1-2-6(8)5-14/h4,6,8H,1-3H2,(H,15,16). The number of rotatable bonds is 2. The molecule has 3 nitrogen and oxygen atoms in total. The van der Waals surface area contributed by atoms with Gasteiger partial charge in [-0.15, -0.1) is 11.3 Å². The lowest BCUT2D eigenvalue weighted by molar-refractivity contribution is 0.0932. The highest BCUT2D eigenvalue weighted by Gasteiger charge is 2.29. The molecule has 0 aliphatic heterocycles. The Labute approximate surface area is 120 Å². The molecule has 0 radical (unpaired) electrons. The molecule has 1 aliphatic rings. The molecule has 2 unspecified atom stereocenters. The Bertz CT molecular complexity index is 480. The van der Waals surface area contributed by atoms with Gasteiger partial charge in [0.1, 0.15) is 0 Å². The molecule has 0 saturated heterocycles. The van der Waals surface area contributed by atoms with Crippen molar-refractivity contribution >= 4 is 49.1 Å². The van der Waals surface area contributed by atoms with Gasteiger partial charge in [0.25, 0.3) is 5.91 Å². The van der Waals surface area contributed by atoms with E-state index < -0.39 is 0 Å². The lowest BCUT2D eigenvalue weighted by atomic mass is 10.1. The Morgan fingerprint density at radius 3 is 2.88 bits per heavy atom. The third-order valence-corrected chi connectivity index (χ3v) is 5.24. The van der Waals surface area contributed by atoms with Gasteiger partial charge in [-0.2, -0.15) is 5.26 Å². The Kier molecular flexibility index (Phi) is 4.23. The fraction of sp³-hybridized carbons (Fsp3) is 0.455. The van der Waals surface area contributed by atoms with Crippen LogP contribution in [0.1, 0.15) is 29.6 Å². The number of carbonyl (C=O) groups is 1. The summed E-state index contributed by atoms with van der Waals surface area (Å²) in [5, 5.41) is 11.9. The largest absolute Gasteiger partial charge is 0.348 e. The van der Waals surface area contributed by atoms with Gasteiger partial charge in [-0.1, -0.05) is 0 Å². The molecular formula is C11H10Br2N2OS. The van der Waals surface area contributed by atoms with E-state index in [2.05, 4.69) is 43.2 Å². The molecule has 0 bridgehead atoms. The van der Waals surface area contributed by atoms with E-state index in [0.717, 1.165) is 26.8 Å². The first-order chi connectivity index (χ1) is 8.11. The minimum Gasteiger partial charge on any atom is -0.348 e. The summed E-state index contributed by atoms with van der Waals surface area (Å²) < 4.78 is 1.73. The van der Waals surface area contributed by atoms with Gasteiger partial charge in [-0.25, -0.2) is 0 Å². The lowest BCUT2D eigenvalue weighted by Gasteiger charge is -2.15. The van der Waals surface area contributed by atoms with Crippen LogP contribution in [0.4, 0.5) is 0 Å². The number of thiophene rings is 1. The van der Waals surface area contributed by atoms with Crippen molar-refractivity contribution in [3.05, 3.63) is 19.2 Å². The summed E-state index contributed by atoms with van der Waals surface area (Å²) in [6, 6.07) is 4.05. The Morgan fingerprint density at radius 2 is 2.29 bits per heavy atom. The number of carbonyl (C=O) groups excluding carboxylic acids is 1. The number of halogens is 2. The van der Waals surface area contributed by atoms with Crippen LogP contribution in [0, 0.1) is 17.2 Å². The van der Waals surface area contributed by atoms with Crippen molar-refractivity contribution in [3.8, 4) is 6.07 Å². The monoisotopic (exact) mass is 376 g/mol. The summed E-state index contributed by atoms with van der Waals surface area (Å²) >= 11 is 8.18. The van der Waals surface area contributed by atoms with E-state index in [1.165, 1.54) is 11.3 Å². The van der Waals surface area contributed by atoms with E-state index in [4.69, 9.17) is 5.26 Å². The Balaban J connectivity index is 2.07. The van der Waals surface area contributed by atoms with Crippen LogP contribution in [0.25, 0.3) is 0 Å². The summed E-state index contributed by atoms with van der Waals surface area (Å²) in [6.45, 7) is 0. The van der Waals surface area contributed by atoms with E-state index in [9.17, 15) is 4.79 Å². The van der Waals surface area contributed by atoms with Gasteiger partial charge >= 0.3 is 0 Å². The average Bonchev–Trinajstić information content (AvgIpc) is 2.84. The molecule has 2 rings (SSSR count). The van der Waals surface area contributed by atoms with E-state index >= 15 is 0 Å². The number of nitrogens with zero attached hydrogens (tertiary/aromatic N) is 1. The molecule has 1 N–H and O–H groups in total. The minimum absolute atomic E-state index is 0.00178. The van der Waals surface area contributed by atoms with Crippen molar-refractivity contribution in [2.45, 2.75) is 25.3 Å². The highest BCUT2D eigenvalue weighted by atomic mass is 79.9. The highest BCUT2D eigenvalue weighted by molar-refractivity contribution is 9.12. The summed E-state index contributed by atoms with van der Waals surface area (Å²) in [4.78, 5) is 12.0. The predicted molar refractivity (Wildman–Crippen MR) is 73.9 cm³/mol. The van der Waals surface area contributed by atoms with Crippen LogP contribution in [-0.4, -0.2) is 11.9 Å². The van der Waals surface area contributed by atoms with Gasteiger partial charge in [0.15, 0.2) is 0 Å². The van der Waals surface area contributed by atoms with Crippen LogP contribution in [0.3, 0.4) is 0 Å². The van der Waals surface area contributed by atoms with Crippen molar-refractivity contribution in [3.63, 3.8) is 0 Å². The zero-order valence-corrected chi connectivity index (χ0v) is 12.9. The third-order valence-electron chi connectivity index (χ3n) is 2.90. The molecule has 0 aromatic carbocycles. The second-order valence-corrected chi connectivity index (χ2v) is 7.73. The summed E-state index contributed by atoms with van der Waals surface area (Å²) in [7, 11) is 0. The van der Waals surface area contributed by atoms with E-state index in [1.54, 1.807) is 6.07 Å². The van der Waals surface area contributed by atoms with Gasteiger partial charge in [0.05, 0.1) is 25.1 Å². The second-order valence-electron chi connectivity index (χ2n) is 3.98. The third kappa shape index (κ3) is 2.90. The lowest BCUT2D eigenvalue weighted by Crippen LogP contribution is -2.36. The van der Waals surface area contributed by atoms with Gasteiger partial charge in [-0.05, 0) is 57.2 Å². The molecule has 0 spiro atoms. The highest BCUT2D eigenvalue weighted by Crippen LogP contribution is 2.32. The molecule has 1 amide bonds. The number of hydrogen-bond donors (Lipinski definition) is 1. The van der Waals surface area contributed by atoms with Crippen molar-refractivity contribution in [2.24, 2.45) is 5.92 Å². The molecule has 1 aromatic rings. The van der Waals surface area contributed by atoms with E-state index in [0.29, 0.717) is 5.56 Å². The first kappa shape index (κ1) is 13.1. The minimum atomic E-state index is -0.106. The van der Waals surface area contributed by atoms with Gasteiger partial charge < -0.3 is 5.32 Å². The number of amides is 1. The molecule has 6 heteroatoms. The maximum absolute atomic E-state index is 12.0. The van der Waals surface area contributed by atoms with Crippen LogP contribution < -0.4 is 5.32 Å². The van der Waals surface area contributed by atoms with Crippen molar-refractivity contribution < 1.29 is 4.79 Å². The fourth-order valence-electron chi connectivity index (χ4n) is 2.03. The maximum atomic E-state index is 12.0. The van der Waals surface area contributed by atoms with Crippen LogP contribution in [0.15, 0.2) is 13.6 Å². The Morgan fingerprint density at radius 1 is 1.53 bits per heavy atom. The van der Waals surface area contributed by atoms with Gasteiger partial charge in [0.2, 0.25) is 0 Å². The number of nitriles is 1. The number of nitrogens with one attached hydrogen (secondary N) is 1. The first-order valence-electron chi connectivity index (χ1n) is 5.27. The first-order valence-corrected chi connectivity index (χ1v) is 7.67. The average molecular weight is 378 g/mol. The van der Waals surface area contributed by atoms with Crippen LogP contribution >= 0.6 is 43.2 Å². The van der Waals surface area contributed by atoms with Crippen LogP contribution in [0.2, 0.25) is 0 Å². The Hall–Kier alpha value is -0.380. The molecule has 1 aliphatic carbocycles. The molecule has 1 heterocycles. The summed E-state index contributed by atoms with van der Waals surface area (Å²) in [5.41, 5.74) is 0.630. The zero-order chi connectivity index (χ0) is 12.4. The van der Waals surface area contributed by atoms with Gasteiger partial charge in [0, 0.05) is 6.04 Å². The topological polar surface area (TPSA) is 52.9 Å². The quantitative estimate of drug-likeness (QED) is 0.854. The molecule has 90 valence electrons. The SMILES string of the molecule is N#CC1CCCC1NC(=O)c1cc(Br)sc1Br. The smallest absolute Gasteiger partial charge is 0.253 e. The molecule has 1 aromatic heterocycles. The second kappa shape index (κ2) is 5.51. The molecular weight excluding hydrogens is 368 g/mol. The van der Waals surface area contributed by atoms with Crippen LogP contribution in [0.5, 0.6) is 0 Å². The van der Waals surface area contributed by atoms with Crippen molar-refractivity contribution in [2.75, 3.05) is 0 Å². The van der Waals surface area contributed by atoms with E-state index in [1.807, 2.05) is 0 Å². The molecule has 17 heavy (non-hydrogen) atoms. The van der Waals surface area contributed by atoms with Gasteiger partial charge in [-0.3, -0.25) is 4.79 Å². The number of hydrogen-bond acceptors (Lipinski definition) is 3. The maximum Gasteiger partial charge on any atom is 0.253 e. The normalized spacial score (nSPS) is 23.4. The summed E-state index contributed by atoms with van der Waals surface area (Å²) in [6.07, 6.45) is 2.79. The van der Waals surface area contributed by atoms with E-state index in [-0.39, 0.29) is 17.9 Å². The molecule has 1 saturated carbocycles. The zero-order valence-electron chi connectivity index (χ0n) is 8.87. The van der Waals surface area contributed by atoms with Crippen molar-refractivity contribution in [1.29, 1.82) is 5.26 Å². The molecule has 1 fully saturated rings. The van der Waals surface area contributed by atoms with Crippen molar-refractivity contribution in [1.82, 2.24) is 5.32 Å².